The lowest BCUT2D eigenvalue weighted by atomic mass is 10.2. The van der Waals surface area contributed by atoms with E-state index >= 15 is 0 Å². The van der Waals surface area contributed by atoms with Crippen LogP contribution in [0.4, 0.5) is 10.1 Å². The van der Waals surface area contributed by atoms with Crippen LogP contribution in [0, 0.1) is 5.82 Å². The molecule has 1 aliphatic heterocycles. The molecule has 1 saturated heterocycles. The Balaban J connectivity index is 1.27. The van der Waals surface area contributed by atoms with Crippen molar-refractivity contribution >= 4 is 34.7 Å². The van der Waals surface area contributed by atoms with Crippen LogP contribution in [0.1, 0.15) is 11.3 Å². The van der Waals surface area contributed by atoms with Gasteiger partial charge >= 0.3 is 0 Å². The van der Waals surface area contributed by atoms with E-state index in [1.54, 1.807) is 19.2 Å². The fourth-order valence-electron chi connectivity index (χ4n) is 3.48. The summed E-state index contributed by atoms with van der Waals surface area (Å²) in [5, 5.41) is 1.92. The molecule has 0 unspecified atom stereocenters. The molecule has 31 heavy (non-hydrogen) atoms. The lowest BCUT2D eigenvalue weighted by Gasteiger charge is -2.36. The molecule has 0 aliphatic carbocycles. The molecule has 1 amide bonds. The number of rotatable bonds is 7. The van der Waals surface area contributed by atoms with Crippen molar-refractivity contribution in [2.45, 2.75) is 16.5 Å². The highest BCUT2D eigenvalue weighted by Gasteiger charge is 2.22. The lowest BCUT2D eigenvalue weighted by molar-refractivity contribution is -0.130. The van der Waals surface area contributed by atoms with Crippen molar-refractivity contribution < 1.29 is 13.9 Å². The number of ether oxygens (including phenoxy) is 1. The van der Waals surface area contributed by atoms with Gasteiger partial charge in [0.2, 0.25) is 5.91 Å². The summed E-state index contributed by atoms with van der Waals surface area (Å²) < 4.78 is 19.9. The van der Waals surface area contributed by atoms with Gasteiger partial charge in [0, 0.05) is 49.1 Å². The number of benzene rings is 2. The maximum Gasteiger partial charge on any atom is 0.228 e. The molecule has 0 saturated carbocycles. The zero-order chi connectivity index (χ0) is 21.6. The van der Waals surface area contributed by atoms with Gasteiger partial charge in [-0.15, -0.1) is 11.3 Å². The Hall–Kier alpha value is -2.58. The first-order valence-corrected chi connectivity index (χ1v) is 12.0. The molecule has 0 bridgehead atoms. The number of nitrogens with zero attached hydrogens (tertiary/aromatic N) is 3. The summed E-state index contributed by atoms with van der Waals surface area (Å²) in [7, 11) is 1.66. The van der Waals surface area contributed by atoms with Gasteiger partial charge in [-0.1, -0.05) is 36.0 Å². The van der Waals surface area contributed by atoms with Crippen LogP contribution in [-0.2, 0) is 17.0 Å². The molecule has 8 heteroatoms. The summed E-state index contributed by atoms with van der Waals surface area (Å²) >= 11 is 3.00. The van der Waals surface area contributed by atoms with Gasteiger partial charge in [-0.3, -0.25) is 4.79 Å². The van der Waals surface area contributed by atoms with E-state index in [2.05, 4.69) is 16.0 Å². The van der Waals surface area contributed by atoms with E-state index in [4.69, 9.17) is 4.74 Å². The van der Waals surface area contributed by atoms with Crippen molar-refractivity contribution in [1.82, 2.24) is 9.88 Å². The topological polar surface area (TPSA) is 45.7 Å². The molecule has 0 spiro atoms. The van der Waals surface area contributed by atoms with Crippen molar-refractivity contribution in [3.8, 4) is 5.75 Å². The zero-order valence-corrected chi connectivity index (χ0v) is 18.9. The van der Waals surface area contributed by atoms with Crippen LogP contribution in [0.15, 0.2) is 58.3 Å². The third-order valence-electron chi connectivity index (χ3n) is 5.22. The number of carbonyl (C=O) groups excluding carboxylic acids is 1. The normalized spacial score (nSPS) is 14.0. The average Bonchev–Trinajstić information content (AvgIpc) is 3.26. The minimum atomic E-state index is -0.199. The number of halogens is 1. The Kier molecular flexibility index (Phi) is 7.09. The molecule has 0 radical (unpaired) electrons. The van der Waals surface area contributed by atoms with Crippen molar-refractivity contribution in [1.29, 1.82) is 0 Å². The van der Waals surface area contributed by atoms with Crippen molar-refractivity contribution in [3.05, 3.63) is 71.0 Å². The maximum atomic E-state index is 13.8. The SMILES string of the molecule is COc1cccc(N2CCN(C(=O)Cc3csc(SCc4ccccc4F)n3)CC2)c1. The van der Waals surface area contributed by atoms with Gasteiger partial charge in [0.1, 0.15) is 15.9 Å². The van der Waals surface area contributed by atoms with E-state index in [-0.39, 0.29) is 11.7 Å². The number of hydrogen-bond acceptors (Lipinski definition) is 6. The number of piperazine rings is 1. The van der Waals surface area contributed by atoms with Crippen LogP contribution in [0.2, 0.25) is 0 Å². The Morgan fingerprint density at radius 2 is 1.97 bits per heavy atom. The van der Waals surface area contributed by atoms with E-state index in [9.17, 15) is 9.18 Å². The second kappa shape index (κ2) is 10.2. The van der Waals surface area contributed by atoms with Crippen molar-refractivity contribution in [2.75, 3.05) is 38.2 Å². The molecule has 1 fully saturated rings. The highest BCUT2D eigenvalue weighted by Crippen LogP contribution is 2.27. The van der Waals surface area contributed by atoms with Crippen LogP contribution in [0.3, 0.4) is 0 Å². The van der Waals surface area contributed by atoms with Crippen molar-refractivity contribution in [2.24, 2.45) is 0 Å². The summed E-state index contributed by atoms with van der Waals surface area (Å²) in [5.74, 6) is 1.26. The molecule has 162 valence electrons. The molecule has 2 heterocycles. The largest absolute Gasteiger partial charge is 0.497 e. The fourth-order valence-corrected chi connectivity index (χ4v) is 5.31. The predicted molar refractivity (Wildman–Crippen MR) is 124 cm³/mol. The lowest BCUT2D eigenvalue weighted by Crippen LogP contribution is -2.49. The average molecular weight is 458 g/mol. The van der Waals surface area contributed by atoms with Crippen LogP contribution >= 0.6 is 23.1 Å². The second-order valence-electron chi connectivity index (χ2n) is 7.23. The van der Waals surface area contributed by atoms with Gasteiger partial charge in [0.05, 0.1) is 19.2 Å². The maximum absolute atomic E-state index is 13.8. The number of thiazole rings is 1. The molecular weight excluding hydrogens is 433 g/mol. The Bertz CT molecular complexity index is 1030. The van der Waals surface area contributed by atoms with Gasteiger partial charge in [-0.2, -0.15) is 0 Å². The molecule has 5 nitrogen and oxygen atoms in total. The standard InChI is InChI=1S/C23H24FN3O2S2/c1-29-20-7-4-6-19(14-20)26-9-11-27(12-10-26)22(28)13-18-16-31-23(25-18)30-15-17-5-2-3-8-21(17)24/h2-8,14,16H,9-13,15H2,1H3. The van der Waals surface area contributed by atoms with E-state index in [0.717, 1.165) is 34.6 Å². The highest BCUT2D eigenvalue weighted by molar-refractivity contribution is 8.00. The Morgan fingerprint density at radius 3 is 2.74 bits per heavy atom. The van der Waals surface area contributed by atoms with Gasteiger partial charge in [0.15, 0.2) is 0 Å². The highest BCUT2D eigenvalue weighted by atomic mass is 32.2. The van der Waals surface area contributed by atoms with Gasteiger partial charge in [-0.25, -0.2) is 9.37 Å². The first-order valence-electron chi connectivity index (χ1n) is 10.1. The first-order chi connectivity index (χ1) is 15.1. The zero-order valence-electron chi connectivity index (χ0n) is 17.3. The smallest absolute Gasteiger partial charge is 0.228 e. The first kappa shape index (κ1) is 21.6. The van der Waals surface area contributed by atoms with E-state index in [1.807, 2.05) is 34.5 Å². The van der Waals surface area contributed by atoms with Crippen LogP contribution < -0.4 is 9.64 Å². The summed E-state index contributed by atoms with van der Waals surface area (Å²) in [6.45, 7) is 2.96. The number of anilines is 1. The Labute approximate surface area is 189 Å². The summed E-state index contributed by atoms with van der Waals surface area (Å²) in [6.07, 6.45) is 0.302. The summed E-state index contributed by atoms with van der Waals surface area (Å²) in [6, 6.07) is 14.8. The third-order valence-corrected chi connectivity index (χ3v) is 7.34. The van der Waals surface area contributed by atoms with E-state index in [0.29, 0.717) is 30.8 Å². The molecule has 1 aromatic heterocycles. The monoisotopic (exact) mass is 457 g/mol. The minimum Gasteiger partial charge on any atom is -0.497 e. The minimum absolute atomic E-state index is 0.0984. The molecule has 3 aromatic rings. The number of methoxy groups -OCH3 is 1. The van der Waals surface area contributed by atoms with Gasteiger partial charge in [0.25, 0.3) is 0 Å². The summed E-state index contributed by atoms with van der Waals surface area (Å²) in [4.78, 5) is 21.5. The van der Waals surface area contributed by atoms with Crippen LogP contribution in [0.25, 0.3) is 0 Å². The number of aromatic nitrogens is 1. The third kappa shape index (κ3) is 5.57. The van der Waals surface area contributed by atoms with Crippen molar-refractivity contribution in [3.63, 3.8) is 0 Å². The van der Waals surface area contributed by atoms with Gasteiger partial charge in [-0.05, 0) is 23.8 Å². The number of carbonyl (C=O) groups is 1. The van der Waals surface area contributed by atoms with Gasteiger partial charge < -0.3 is 14.5 Å². The quantitative estimate of drug-likeness (QED) is 0.490. The molecule has 0 N–H and O–H groups in total. The number of thioether (sulfide) groups is 1. The molecule has 1 aliphatic rings. The van der Waals surface area contributed by atoms with Crippen LogP contribution in [0.5, 0.6) is 5.75 Å². The van der Waals surface area contributed by atoms with Crippen LogP contribution in [-0.4, -0.2) is 49.1 Å². The number of amides is 1. The van der Waals surface area contributed by atoms with E-state index in [1.165, 1.54) is 29.2 Å². The molecule has 4 rings (SSSR count). The fraction of sp³-hybridized carbons (Fsp3) is 0.304. The summed E-state index contributed by atoms with van der Waals surface area (Å²) in [5.41, 5.74) is 2.55. The molecular formula is C23H24FN3O2S2. The predicted octanol–water partition coefficient (Wildman–Crippen LogP) is 4.47. The molecule has 0 atom stereocenters. The second-order valence-corrected chi connectivity index (χ2v) is 9.31. The molecule has 2 aromatic carbocycles. The number of hydrogen-bond donors (Lipinski definition) is 0. The van der Waals surface area contributed by atoms with E-state index < -0.39 is 0 Å². The Morgan fingerprint density at radius 1 is 1.16 bits per heavy atom.